The molecule has 0 spiro atoms. The van der Waals surface area contributed by atoms with Crippen LogP contribution in [0.1, 0.15) is 55.2 Å². The molecule has 2 aliphatic rings. The minimum absolute atomic E-state index is 0.356. The fourth-order valence-electron chi connectivity index (χ4n) is 4.38. The third kappa shape index (κ3) is 5.90. The monoisotopic (exact) mass is 421 g/mol. The lowest BCUT2D eigenvalue weighted by Crippen LogP contribution is -2.36. The van der Waals surface area contributed by atoms with Crippen LogP contribution in [-0.2, 0) is 13.1 Å². The second-order valence-electron chi connectivity index (χ2n) is 8.63. The number of hydrogen-bond acceptors (Lipinski definition) is 4. The van der Waals surface area contributed by atoms with Gasteiger partial charge in [-0.25, -0.2) is 4.98 Å². The molecule has 4 rings (SSSR count). The number of pyridine rings is 1. The fraction of sp³-hybridized carbons (Fsp3) is 0.520. The van der Waals surface area contributed by atoms with Crippen LogP contribution >= 0.6 is 0 Å². The van der Waals surface area contributed by atoms with Crippen molar-refractivity contribution >= 4 is 11.8 Å². The lowest BCUT2D eigenvalue weighted by Gasteiger charge is -2.19. The summed E-state index contributed by atoms with van der Waals surface area (Å²) in [6, 6.07) is 10.7. The molecule has 0 unspecified atom stereocenters. The second kappa shape index (κ2) is 10.5. The van der Waals surface area contributed by atoms with E-state index >= 15 is 0 Å². The number of guanidine groups is 1. The maximum Gasteiger partial charge on any atom is 0.191 e. The first kappa shape index (κ1) is 21.5. The van der Waals surface area contributed by atoms with Crippen molar-refractivity contribution < 1.29 is 4.74 Å². The average Bonchev–Trinajstić information content (AvgIpc) is 3.50. The third-order valence-electron chi connectivity index (χ3n) is 6.19. The predicted molar refractivity (Wildman–Crippen MR) is 127 cm³/mol. The van der Waals surface area contributed by atoms with E-state index in [0.717, 1.165) is 43.5 Å². The number of aromatic nitrogens is 1. The van der Waals surface area contributed by atoms with Crippen molar-refractivity contribution in [2.24, 2.45) is 4.99 Å². The number of aryl methyl sites for hydroxylation is 1. The molecule has 2 heterocycles. The standard InChI is InChI=1S/C25H35N5O/c1-19-9-10-21(23(15-19)31-22-7-3-4-8-22)18-29-25(26-2)28-17-20-11-12-27-24(16-20)30-13-5-6-14-30/h9-12,15-16,22H,3-8,13-14,17-18H2,1-2H3,(H2,26,28,29). The number of nitrogens with zero attached hydrogens (tertiary/aromatic N) is 3. The summed E-state index contributed by atoms with van der Waals surface area (Å²) in [6.07, 6.45) is 9.64. The van der Waals surface area contributed by atoms with E-state index in [0.29, 0.717) is 19.2 Å². The lowest BCUT2D eigenvalue weighted by molar-refractivity contribution is 0.207. The molecule has 1 saturated carbocycles. The molecule has 1 aliphatic carbocycles. The average molecular weight is 422 g/mol. The van der Waals surface area contributed by atoms with Crippen LogP contribution in [0.2, 0.25) is 0 Å². The van der Waals surface area contributed by atoms with Gasteiger partial charge in [0.25, 0.3) is 0 Å². The van der Waals surface area contributed by atoms with Crippen LogP contribution in [0.25, 0.3) is 0 Å². The number of ether oxygens (including phenoxy) is 1. The first-order valence-electron chi connectivity index (χ1n) is 11.6. The Hall–Kier alpha value is -2.76. The predicted octanol–water partition coefficient (Wildman–Crippen LogP) is 4.18. The maximum absolute atomic E-state index is 6.33. The highest BCUT2D eigenvalue weighted by atomic mass is 16.5. The summed E-state index contributed by atoms with van der Waals surface area (Å²) in [4.78, 5) is 11.3. The van der Waals surface area contributed by atoms with Gasteiger partial charge in [-0.1, -0.05) is 12.1 Å². The van der Waals surface area contributed by atoms with E-state index < -0.39 is 0 Å². The molecule has 31 heavy (non-hydrogen) atoms. The lowest BCUT2D eigenvalue weighted by atomic mass is 10.1. The molecule has 2 aromatic rings. The van der Waals surface area contributed by atoms with Crippen LogP contribution in [0.5, 0.6) is 5.75 Å². The van der Waals surface area contributed by atoms with Crippen molar-refractivity contribution in [1.82, 2.24) is 15.6 Å². The van der Waals surface area contributed by atoms with E-state index in [-0.39, 0.29) is 0 Å². The minimum atomic E-state index is 0.356. The van der Waals surface area contributed by atoms with Gasteiger partial charge in [0.2, 0.25) is 0 Å². The van der Waals surface area contributed by atoms with Crippen LogP contribution in [0.15, 0.2) is 41.5 Å². The molecule has 1 aliphatic heterocycles. The van der Waals surface area contributed by atoms with Crippen molar-refractivity contribution in [2.45, 2.75) is 64.6 Å². The molecule has 166 valence electrons. The summed E-state index contributed by atoms with van der Waals surface area (Å²) < 4.78 is 6.33. The summed E-state index contributed by atoms with van der Waals surface area (Å²) in [5.74, 6) is 2.86. The van der Waals surface area contributed by atoms with Gasteiger partial charge in [0.1, 0.15) is 11.6 Å². The van der Waals surface area contributed by atoms with Crippen molar-refractivity contribution in [3.05, 3.63) is 53.2 Å². The maximum atomic E-state index is 6.33. The molecule has 1 saturated heterocycles. The molecule has 2 fully saturated rings. The Kier molecular flexibility index (Phi) is 7.28. The van der Waals surface area contributed by atoms with Crippen molar-refractivity contribution in [1.29, 1.82) is 0 Å². The molecule has 1 aromatic heterocycles. The largest absolute Gasteiger partial charge is 0.490 e. The van der Waals surface area contributed by atoms with Crippen LogP contribution in [0, 0.1) is 6.92 Å². The fourth-order valence-corrected chi connectivity index (χ4v) is 4.38. The van der Waals surface area contributed by atoms with E-state index in [2.05, 4.69) is 62.8 Å². The van der Waals surface area contributed by atoms with E-state index in [1.54, 1.807) is 0 Å². The molecule has 6 heteroatoms. The summed E-state index contributed by atoms with van der Waals surface area (Å²) >= 11 is 0. The van der Waals surface area contributed by atoms with Crippen molar-refractivity contribution in [3.8, 4) is 5.75 Å². The van der Waals surface area contributed by atoms with Gasteiger partial charge in [-0.3, -0.25) is 4.99 Å². The molecule has 0 radical (unpaired) electrons. The van der Waals surface area contributed by atoms with E-state index in [1.807, 2.05) is 13.2 Å². The van der Waals surface area contributed by atoms with Gasteiger partial charge in [0, 0.05) is 45.0 Å². The molecular formula is C25H35N5O. The number of rotatable bonds is 7. The van der Waals surface area contributed by atoms with E-state index in [9.17, 15) is 0 Å². The van der Waals surface area contributed by atoms with Gasteiger partial charge in [0.15, 0.2) is 5.96 Å². The first-order valence-corrected chi connectivity index (χ1v) is 11.6. The highest BCUT2D eigenvalue weighted by Crippen LogP contribution is 2.27. The van der Waals surface area contributed by atoms with E-state index in [1.165, 1.54) is 42.4 Å². The Morgan fingerprint density at radius 1 is 1.06 bits per heavy atom. The Balaban J connectivity index is 1.33. The quantitative estimate of drug-likeness (QED) is 0.519. The molecular weight excluding hydrogens is 386 g/mol. The summed E-state index contributed by atoms with van der Waals surface area (Å²) in [5.41, 5.74) is 3.60. The zero-order valence-corrected chi connectivity index (χ0v) is 18.9. The molecule has 2 N–H and O–H groups in total. The summed E-state index contributed by atoms with van der Waals surface area (Å²) in [7, 11) is 1.81. The number of aliphatic imine (C=N–C) groups is 1. The normalized spacial score (nSPS) is 17.2. The van der Waals surface area contributed by atoms with Gasteiger partial charge in [-0.05, 0) is 74.8 Å². The Bertz CT molecular complexity index is 885. The Morgan fingerprint density at radius 3 is 2.61 bits per heavy atom. The van der Waals surface area contributed by atoms with Crippen LogP contribution in [-0.4, -0.2) is 37.2 Å². The Morgan fingerprint density at radius 2 is 1.84 bits per heavy atom. The van der Waals surface area contributed by atoms with E-state index in [4.69, 9.17) is 4.74 Å². The van der Waals surface area contributed by atoms with Crippen LogP contribution < -0.4 is 20.3 Å². The Labute approximate surface area is 186 Å². The van der Waals surface area contributed by atoms with Gasteiger partial charge >= 0.3 is 0 Å². The molecule has 1 aromatic carbocycles. The van der Waals surface area contributed by atoms with Gasteiger partial charge in [-0.15, -0.1) is 0 Å². The highest BCUT2D eigenvalue weighted by Gasteiger charge is 2.18. The number of benzene rings is 1. The van der Waals surface area contributed by atoms with Gasteiger partial charge in [-0.2, -0.15) is 0 Å². The summed E-state index contributed by atoms with van der Waals surface area (Å²) in [6.45, 7) is 5.72. The van der Waals surface area contributed by atoms with Crippen molar-refractivity contribution in [2.75, 3.05) is 25.0 Å². The van der Waals surface area contributed by atoms with Crippen molar-refractivity contribution in [3.63, 3.8) is 0 Å². The molecule has 6 nitrogen and oxygen atoms in total. The topological polar surface area (TPSA) is 61.8 Å². The summed E-state index contributed by atoms with van der Waals surface area (Å²) in [5, 5.41) is 6.87. The number of anilines is 1. The number of hydrogen-bond donors (Lipinski definition) is 2. The smallest absolute Gasteiger partial charge is 0.191 e. The zero-order chi connectivity index (χ0) is 21.5. The molecule has 0 amide bonds. The number of nitrogens with one attached hydrogen (secondary N) is 2. The minimum Gasteiger partial charge on any atom is -0.490 e. The molecule has 0 atom stereocenters. The SMILES string of the molecule is CN=C(NCc1ccnc(N2CCCC2)c1)NCc1ccc(C)cc1OC1CCCC1. The zero-order valence-electron chi connectivity index (χ0n) is 18.9. The molecule has 0 bridgehead atoms. The first-order chi connectivity index (χ1) is 15.2. The third-order valence-corrected chi connectivity index (χ3v) is 6.19. The van der Waals surface area contributed by atoms with Gasteiger partial charge < -0.3 is 20.3 Å². The highest BCUT2D eigenvalue weighted by molar-refractivity contribution is 5.79. The van der Waals surface area contributed by atoms with Crippen LogP contribution in [0.3, 0.4) is 0 Å². The van der Waals surface area contributed by atoms with Crippen LogP contribution in [0.4, 0.5) is 5.82 Å². The second-order valence-corrected chi connectivity index (χ2v) is 8.63. The van der Waals surface area contributed by atoms with Gasteiger partial charge in [0.05, 0.1) is 6.10 Å².